The number of carbonyl (C=O) groups excluding carboxylic acids is 1. The molecule has 0 unspecified atom stereocenters. The number of nitrogens with one attached hydrogen (secondary N) is 1. The monoisotopic (exact) mass is 291 g/mol. The number of amides is 1. The summed E-state index contributed by atoms with van der Waals surface area (Å²) in [6.07, 6.45) is 1.93. The van der Waals surface area contributed by atoms with E-state index in [1.54, 1.807) is 29.7 Å². The van der Waals surface area contributed by atoms with Crippen LogP contribution in [0.25, 0.3) is 10.8 Å². The molecule has 96 valence electrons. The minimum atomic E-state index is -0.0930. The van der Waals surface area contributed by atoms with E-state index < -0.39 is 0 Å². The molecule has 5 nitrogen and oxygen atoms in total. The van der Waals surface area contributed by atoms with Gasteiger partial charge in [0.2, 0.25) is 11.0 Å². The Morgan fingerprint density at radius 3 is 3.00 bits per heavy atom. The minimum Gasteiger partial charge on any atom is -0.462 e. The number of rotatable bonds is 4. The Kier molecular flexibility index (Phi) is 3.39. The number of furan rings is 1. The second-order valence-electron chi connectivity index (χ2n) is 3.69. The molecule has 1 N–H and O–H groups in total. The number of aromatic nitrogens is 2. The molecule has 0 radical (unpaired) electrons. The Morgan fingerprint density at radius 2 is 2.26 bits per heavy atom. The molecule has 3 aromatic rings. The lowest BCUT2D eigenvalue weighted by atomic mass is 10.3. The van der Waals surface area contributed by atoms with Gasteiger partial charge >= 0.3 is 0 Å². The summed E-state index contributed by atoms with van der Waals surface area (Å²) >= 11 is 2.84. The van der Waals surface area contributed by atoms with Crippen LogP contribution in [0.1, 0.15) is 4.88 Å². The molecule has 0 fully saturated rings. The maximum atomic E-state index is 11.8. The highest BCUT2D eigenvalue weighted by atomic mass is 32.1. The molecule has 0 atom stereocenters. The molecule has 0 saturated carbocycles. The van der Waals surface area contributed by atoms with Crippen molar-refractivity contribution in [3.63, 3.8) is 0 Å². The van der Waals surface area contributed by atoms with Gasteiger partial charge in [-0.05, 0) is 23.6 Å². The zero-order chi connectivity index (χ0) is 13.1. The number of thiophene rings is 1. The highest BCUT2D eigenvalue weighted by Gasteiger charge is 2.11. The van der Waals surface area contributed by atoms with Crippen molar-refractivity contribution in [2.75, 3.05) is 5.32 Å². The lowest BCUT2D eigenvalue weighted by molar-refractivity contribution is -0.115. The van der Waals surface area contributed by atoms with E-state index in [9.17, 15) is 4.79 Å². The fraction of sp³-hybridized carbons (Fsp3) is 0.0833. The fourth-order valence-electron chi connectivity index (χ4n) is 1.51. The first-order valence-electron chi connectivity index (χ1n) is 5.51. The first kappa shape index (κ1) is 12.1. The second kappa shape index (κ2) is 5.33. The van der Waals surface area contributed by atoms with Gasteiger partial charge < -0.3 is 9.73 Å². The molecule has 0 aromatic carbocycles. The van der Waals surface area contributed by atoms with Gasteiger partial charge in [0.1, 0.15) is 0 Å². The molecule has 0 bridgehead atoms. The van der Waals surface area contributed by atoms with Crippen LogP contribution < -0.4 is 5.32 Å². The molecule has 0 aliphatic heterocycles. The summed E-state index contributed by atoms with van der Waals surface area (Å²) in [7, 11) is 0. The Balaban J connectivity index is 1.65. The van der Waals surface area contributed by atoms with Crippen LogP contribution in [0.3, 0.4) is 0 Å². The standard InChI is InChI=1S/C12H9N3O2S2/c16-10(7-8-3-2-6-18-8)13-12-15-14-11(19-12)9-4-1-5-17-9/h1-6H,7H2,(H,13,15,16). The lowest BCUT2D eigenvalue weighted by Crippen LogP contribution is -2.13. The molecule has 0 aliphatic rings. The largest absolute Gasteiger partial charge is 0.462 e. The van der Waals surface area contributed by atoms with Crippen molar-refractivity contribution in [3.8, 4) is 10.8 Å². The van der Waals surface area contributed by atoms with Crippen molar-refractivity contribution < 1.29 is 9.21 Å². The first-order chi connectivity index (χ1) is 9.31. The van der Waals surface area contributed by atoms with Crippen LogP contribution in [0.15, 0.2) is 40.3 Å². The quantitative estimate of drug-likeness (QED) is 0.802. The molecular weight excluding hydrogens is 282 g/mol. The molecule has 0 aliphatic carbocycles. The van der Waals surface area contributed by atoms with E-state index in [0.717, 1.165) is 4.88 Å². The molecular formula is C12H9N3O2S2. The van der Waals surface area contributed by atoms with Crippen molar-refractivity contribution in [2.45, 2.75) is 6.42 Å². The van der Waals surface area contributed by atoms with Gasteiger partial charge in [-0.2, -0.15) is 0 Å². The molecule has 3 aromatic heterocycles. The van der Waals surface area contributed by atoms with Crippen molar-refractivity contribution in [3.05, 3.63) is 40.8 Å². The van der Waals surface area contributed by atoms with Gasteiger partial charge in [0.15, 0.2) is 10.8 Å². The summed E-state index contributed by atoms with van der Waals surface area (Å²) in [4.78, 5) is 12.8. The van der Waals surface area contributed by atoms with Crippen molar-refractivity contribution >= 4 is 33.7 Å². The Labute approximate surface area is 116 Å². The summed E-state index contributed by atoms with van der Waals surface area (Å²) in [5.41, 5.74) is 0. The van der Waals surface area contributed by atoms with Crippen LogP contribution in [0.4, 0.5) is 5.13 Å². The average Bonchev–Trinajstić information content (AvgIpc) is 3.09. The van der Waals surface area contributed by atoms with E-state index in [1.807, 2.05) is 17.5 Å². The predicted octanol–water partition coefficient (Wildman–Crippen LogP) is 3.04. The summed E-state index contributed by atoms with van der Waals surface area (Å²) in [6.45, 7) is 0. The van der Waals surface area contributed by atoms with Crippen molar-refractivity contribution in [2.24, 2.45) is 0 Å². The molecule has 19 heavy (non-hydrogen) atoms. The van der Waals surface area contributed by atoms with Gasteiger partial charge in [-0.1, -0.05) is 17.4 Å². The summed E-state index contributed by atoms with van der Waals surface area (Å²) in [5, 5.41) is 13.7. The van der Waals surface area contributed by atoms with E-state index in [-0.39, 0.29) is 5.91 Å². The Hall–Kier alpha value is -1.99. The van der Waals surface area contributed by atoms with Crippen molar-refractivity contribution in [1.29, 1.82) is 0 Å². The molecule has 7 heteroatoms. The third kappa shape index (κ3) is 2.88. The Morgan fingerprint density at radius 1 is 1.32 bits per heavy atom. The van der Waals surface area contributed by atoms with E-state index in [0.29, 0.717) is 22.3 Å². The van der Waals surface area contributed by atoms with Gasteiger partial charge in [0, 0.05) is 4.88 Å². The Bertz CT molecular complexity index is 659. The van der Waals surface area contributed by atoms with Gasteiger partial charge in [0.05, 0.1) is 12.7 Å². The molecule has 0 spiro atoms. The predicted molar refractivity (Wildman–Crippen MR) is 74.3 cm³/mol. The number of carbonyl (C=O) groups is 1. The maximum Gasteiger partial charge on any atom is 0.231 e. The lowest BCUT2D eigenvalue weighted by Gasteiger charge is -1.97. The summed E-state index contributed by atoms with van der Waals surface area (Å²) in [6, 6.07) is 7.44. The zero-order valence-electron chi connectivity index (χ0n) is 9.70. The van der Waals surface area contributed by atoms with Crippen molar-refractivity contribution in [1.82, 2.24) is 10.2 Å². The highest BCUT2D eigenvalue weighted by molar-refractivity contribution is 7.18. The molecule has 3 heterocycles. The van der Waals surface area contributed by atoms with Gasteiger partial charge in [-0.15, -0.1) is 21.5 Å². The summed E-state index contributed by atoms with van der Waals surface area (Å²) < 4.78 is 5.22. The average molecular weight is 291 g/mol. The minimum absolute atomic E-state index is 0.0930. The van der Waals surface area contributed by atoms with Crippen LogP contribution in [-0.4, -0.2) is 16.1 Å². The maximum absolute atomic E-state index is 11.8. The van der Waals surface area contributed by atoms with Gasteiger partial charge in [0.25, 0.3) is 0 Å². The fourth-order valence-corrected chi connectivity index (χ4v) is 2.94. The third-order valence-electron chi connectivity index (χ3n) is 2.32. The number of hydrogen-bond donors (Lipinski definition) is 1. The van der Waals surface area contributed by atoms with Gasteiger partial charge in [-0.3, -0.25) is 4.79 Å². The van der Waals surface area contributed by atoms with Crippen LogP contribution in [0, 0.1) is 0 Å². The number of hydrogen-bond acceptors (Lipinski definition) is 6. The first-order valence-corrected chi connectivity index (χ1v) is 7.20. The van der Waals surface area contributed by atoms with Crippen LogP contribution in [0.5, 0.6) is 0 Å². The molecule has 0 saturated heterocycles. The number of anilines is 1. The van der Waals surface area contributed by atoms with E-state index in [2.05, 4.69) is 15.5 Å². The van der Waals surface area contributed by atoms with Crippen LogP contribution in [-0.2, 0) is 11.2 Å². The normalized spacial score (nSPS) is 10.5. The molecule has 1 amide bonds. The highest BCUT2D eigenvalue weighted by Crippen LogP contribution is 2.26. The topological polar surface area (TPSA) is 68.0 Å². The van der Waals surface area contributed by atoms with Gasteiger partial charge in [-0.25, -0.2) is 0 Å². The second-order valence-corrected chi connectivity index (χ2v) is 5.70. The molecule has 3 rings (SSSR count). The van der Waals surface area contributed by atoms with Crippen LogP contribution >= 0.6 is 22.7 Å². The number of nitrogens with zero attached hydrogens (tertiary/aromatic N) is 2. The van der Waals surface area contributed by atoms with E-state index in [4.69, 9.17) is 4.42 Å². The smallest absolute Gasteiger partial charge is 0.231 e. The SMILES string of the molecule is O=C(Cc1cccs1)Nc1nnc(-c2ccco2)s1. The zero-order valence-corrected chi connectivity index (χ0v) is 11.3. The van der Waals surface area contributed by atoms with E-state index in [1.165, 1.54) is 11.3 Å². The van der Waals surface area contributed by atoms with Crippen LogP contribution in [0.2, 0.25) is 0 Å². The third-order valence-corrected chi connectivity index (χ3v) is 4.05. The van der Waals surface area contributed by atoms with E-state index >= 15 is 0 Å². The summed E-state index contributed by atoms with van der Waals surface area (Å²) in [5.74, 6) is 0.556.